The summed E-state index contributed by atoms with van der Waals surface area (Å²) in [7, 11) is 0. The number of amidine groups is 1. The van der Waals surface area contributed by atoms with E-state index in [2.05, 4.69) is 5.16 Å². The Morgan fingerprint density at radius 3 is 2.77 bits per heavy atom. The predicted octanol–water partition coefficient (Wildman–Crippen LogP) is 3.28. The Morgan fingerprint density at radius 1 is 1.27 bits per heavy atom. The second-order valence-electron chi connectivity index (χ2n) is 4.55. The summed E-state index contributed by atoms with van der Waals surface area (Å²) in [5, 5.41) is 15.1. The molecule has 6 nitrogen and oxygen atoms in total. The van der Waals surface area contributed by atoms with Crippen molar-refractivity contribution >= 4 is 23.1 Å². The number of halogens is 1. The van der Waals surface area contributed by atoms with Gasteiger partial charge < -0.3 is 10.6 Å². The number of rotatable bonds is 6. The lowest BCUT2D eigenvalue weighted by atomic mass is 10.1. The lowest BCUT2D eigenvalue weighted by molar-refractivity contribution is -0.384. The van der Waals surface area contributed by atoms with E-state index in [0.29, 0.717) is 17.0 Å². The Bertz CT molecular complexity index is 704. The summed E-state index contributed by atoms with van der Waals surface area (Å²) in [4.78, 5) is 15.3. The summed E-state index contributed by atoms with van der Waals surface area (Å²) in [6.07, 6.45) is 0.370. The van der Waals surface area contributed by atoms with Crippen LogP contribution in [0.2, 0.25) is 5.02 Å². The van der Waals surface area contributed by atoms with Gasteiger partial charge in [-0.25, -0.2) is 0 Å². The van der Waals surface area contributed by atoms with Crippen LogP contribution in [0.25, 0.3) is 0 Å². The largest absolute Gasteiger partial charge is 0.389 e. The van der Waals surface area contributed by atoms with E-state index in [1.54, 1.807) is 18.2 Å². The molecule has 0 bridgehead atoms. The van der Waals surface area contributed by atoms with E-state index in [1.165, 1.54) is 12.1 Å². The van der Waals surface area contributed by atoms with Crippen LogP contribution in [0.1, 0.15) is 11.1 Å². The molecule has 0 atom stereocenters. The zero-order valence-electron chi connectivity index (χ0n) is 11.6. The number of non-ortho nitro benzene ring substituents is 1. The van der Waals surface area contributed by atoms with Crippen LogP contribution in [-0.4, -0.2) is 10.8 Å². The van der Waals surface area contributed by atoms with Crippen LogP contribution >= 0.6 is 11.6 Å². The molecule has 0 saturated carbocycles. The van der Waals surface area contributed by atoms with Gasteiger partial charge in [0.25, 0.3) is 5.69 Å². The standard InChI is InChI=1S/C15H14ClN3O3/c16-14-7-2-1-5-12(14)9-15(17)18-22-10-11-4-3-6-13(8-11)19(20)21/h1-8H,9-10H2,(H2,17,18). The van der Waals surface area contributed by atoms with Gasteiger partial charge in [0.1, 0.15) is 12.4 Å². The van der Waals surface area contributed by atoms with Gasteiger partial charge in [-0.2, -0.15) is 0 Å². The van der Waals surface area contributed by atoms with Gasteiger partial charge in [-0.1, -0.05) is 47.1 Å². The molecule has 0 aliphatic heterocycles. The lowest BCUT2D eigenvalue weighted by Gasteiger charge is -2.04. The highest BCUT2D eigenvalue weighted by Gasteiger charge is 2.06. The molecule has 22 heavy (non-hydrogen) atoms. The first-order valence-corrected chi connectivity index (χ1v) is 6.85. The molecule has 2 rings (SSSR count). The summed E-state index contributed by atoms with van der Waals surface area (Å²) in [6.45, 7) is 0.102. The topological polar surface area (TPSA) is 90.8 Å². The van der Waals surface area contributed by atoms with Gasteiger partial charge in [-0.05, 0) is 17.2 Å². The normalized spacial score (nSPS) is 11.2. The van der Waals surface area contributed by atoms with E-state index in [9.17, 15) is 10.1 Å². The van der Waals surface area contributed by atoms with Gasteiger partial charge in [0, 0.05) is 23.6 Å². The number of hydrogen-bond acceptors (Lipinski definition) is 4. The molecule has 0 heterocycles. The monoisotopic (exact) mass is 319 g/mol. The highest BCUT2D eigenvalue weighted by molar-refractivity contribution is 6.31. The predicted molar refractivity (Wildman–Crippen MR) is 84.7 cm³/mol. The molecule has 7 heteroatoms. The molecule has 0 aliphatic rings. The second-order valence-corrected chi connectivity index (χ2v) is 4.96. The number of nitro benzene ring substituents is 1. The van der Waals surface area contributed by atoms with Crippen LogP contribution < -0.4 is 5.73 Å². The molecule has 0 radical (unpaired) electrons. The smallest absolute Gasteiger partial charge is 0.269 e. The summed E-state index contributed by atoms with van der Waals surface area (Å²) >= 11 is 6.03. The first kappa shape index (κ1) is 15.8. The maximum Gasteiger partial charge on any atom is 0.269 e. The van der Waals surface area contributed by atoms with Crippen LogP contribution in [0, 0.1) is 10.1 Å². The molecule has 0 amide bonds. The van der Waals surface area contributed by atoms with Gasteiger partial charge in [0.15, 0.2) is 0 Å². The molecule has 0 aliphatic carbocycles. The van der Waals surface area contributed by atoms with Gasteiger partial charge in [-0.3, -0.25) is 10.1 Å². The van der Waals surface area contributed by atoms with Crippen LogP contribution in [0.3, 0.4) is 0 Å². The highest BCUT2D eigenvalue weighted by Crippen LogP contribution is 2.16. The molecule has 2 N–H and O–H groups in total. The number of hydrogen-bond donors (Lipinski definition) is 1. The van der Waals surface area contributed by atoms with Crippen molar-refractivity contribution in [1.82, 2.24) is 0 Å². The molecule has 2 aromatic rings. The van der Waals surface area contributed by atoms with E-state index < -0.39 is 4.92 Å². The van der Waals surface area contributed by atoms with E-state index in [4.69, 9.17) is 22.2 Å². The SMILES string of the molecule is NC(Cc1ccccc1Cl)=NOCc1cccc([N+](=O)[O-])c1. The maximum absolute atomic E-state index is 10.7. The highest BCUT2D eigenvalue weighted by atomic mass is 35.5. The summed E-state index contributed by atoms with van der Waals surface area (Å²) in [5.74, 6) is 0.276. The zero-order valence-corrected chi connectivity index (χ0v) is 12.4. The van der Waals surface area contributed by atoms with Crippen molar-refractivity contribution in [3.05, 3.63) is 74.8 Å². The zero-order chi connectivity index (χ0) is 15.9. The number of benzene rings is 2. The molecule has 0 saturated heterocycles. The van der Waals surface area contributed by atoms with Crippen molar-refractivity contribution in [2.75, 3.05) is 0 Å². The molecule has 114 valence electrons. The fraction of sp³-hybridized carbons (Fsp3) is 0.133. The van der Waals surface area contributed by atoms with Crippen LogP contribution in [-0.2, 0) is 17.9 Å². The molecule has 0 aromatic heterocycles. The van der Waals surface area contributed by atoms with Crippen molar-refractivity contribution in [2.45, 2.75) is 13.0 Å². The van der Waals surface area contributed by atoms with E-state index >= 15 is 0 Å². The Labute approximate surface area is 132 Å². The van der Waals surface area contributed by atoms with Crippen molar-refractivity contribution < 1.29 is 9.76 Å². The Morgan fingerprint density at radius 2 is 2.05 bits per heavy atom. The first-order chi connectivity index (χ1) is 10.6. The molecule has 2 aromatic carbocycles. The molecule has 0 unspecified atom stereocenters. The third-order valence-electron chi connectivity index (χ3n) is 2.86. The summed E-state index contributed by atoms with van der Waals surface area (Å²) in [6, 6.07) is 13.5. The Kier molecular flexibility index (Phi) is 5.32. The van der Waals surface area contributed by atoms with E-state index in [-0.39, 0.29) is 18.1 Å². The summed E-state index contributed by atoms with van der Waals surface area (Å²) < 4.78 is 0. The lowest BCUT2D eigenvalue weighted by Crippen LogP contribution is -2.15. The Balaban J connectivity index is 1.93. The molecular formula is C15H14ClN3O3. The number of oxime groups is 1. The van der Waals surface area contributed by atoms with E-state index in [1.807, 2.05) is 18.2 Å². The van der Waals surface area contributed by atoms with Gasteiger partial charge in [0.2, 0.25) is 0 Å². The minimum absolute atomic E-state index is 0.00844. The number of nitrogens with zero attached hydrogens (tertiary/aromatic N) is 2. The summed E-state index contributed by atoms with van der Waals surface area (Å²) in [5.41, 5.74) is 7.28. The fourth-order valence-corrected chi connectivity index (χ4v) is 2.02. The molecule has 0 fully saturated rings. The van der Waals surface area contributed by atoms with Crippen molar-refractivity contribution in [3.8, 4) is 0 Å². The molecular weight excluding hydrogens is 306 g/mol. The van der Waals surface area contributed by atoms with Crippen molar-refractivity contribution in [2.24, 2.45) is 10.9 Å². The quantitative estimate of drug-likeness (QED) is 0.383. The van der Waals surface area contributed by atoms with Crippen molar-refractivity contribution in [3.63, 3.8) is 0 Å². The fourth-order valence-electron chi connectivity index (χ4n) is 1.82. The number of nitrogens with two attached hydrogens (primary N) is 1. The van der Waals surface area contributed by atoms with Crippen LogP contribution in [0.15, 0.2) is 53.7 Å². The maximum atomic E-state index is 10.7. The minimum Gasteiger partial charge on any atom is -0.389 e. The average Bonchev–Trinajstić information content (AvgIpc) is 2.50. The first-order valence-electron chi connectivity index (χ1n) is 6.47. The van der Waals surface area contributed by atoms with Gasteiger partial charge in [0.05, 0.1) is 4.92 Å². The van der Waals surface area contributed by atoms with E-state index in [0.717, 1.165) is 5.56 Å². The van der Waals surface area contributed by atoms with Crippen LogP contribution in [0.4, 0.5) is 5.69 Å². The third kappa shape index (κ3) is 4.46. The van der Waals surface area contributed by atoms with Crippen molar-refractivity contribution in [1.29, 1.82) is 0 Å². The third-order valence-corrected chi connectivity index (χ3v) is 3.23. The molecule has 0 spiro atoms. The second kappa shape index (κ2) is 7.42. The van der Waals surface area contributed by atoms with Crippen LogP contribution in [0.5, 0.6) is 0 Å². The number of nitro groups is 1. The van der Waals surface area contributed by atoms with Gasteiger partial charge in [-0.15, -0.1) is 0 Å². The minimum atomic E-state index is -0.460. The average molecular weight is 320 g/mol. The Hall–Kier alpha value is -2.60. The van der Waals surface area contributed by atoms with Gasteiger partial charge >= 0.3 is 0 Å².